The lowest BCUT2D eigenvalue weighted by Gasteiger charge is -2.09. The SMILES string of the molecule is Cc1cc(Br)ccc1C(=O)c1cc(F)c(Cc2ccc(S(N)(=O)=O)cc2)n1C. The third kappa shape index (κ3) is 4.09. The molecule has 0 aliphatic carbocycles. The van der Waals surface area contributed by atoms with Crippen LogP contribution in [0.1, 0.15) is 32.9 Å². The lowest BCUT2D eigenvalue weighted by molar-refractivity contribution is 0.103. The van der Waals surface area contributed by atoms with Crippen molar-refractivity contribution in [2.45, 2.75) is 18.2 Å². The Balaban J connectivity index is 1.93. The lowest BCUT2D eigenvalue weighted by atomic mass is 10.0. The van der Waals surface area contributed by atoms with E-state index < -0.39 is 15.8 Å². The zero-order chi connectivity index (χ0) is 20.6. The number of hydrogen-bond donors (Lipinski definition) is 1. The van der Waals surface area contributed by atoms with Crippen molar-refractivity contribution in [1.82, 2.24) is 4.57 Å². The Hall–Kier alpha value is -2.29. The van der Waals surface area contributed by atoms with Crippen LogP contribution in [0, 0.1) is 12.7 Å². The van der Waals surface area contributed by atoms with Crippen LogP contribution >= 0.6 is 15.9 Å². The normalized spacial score (nSPS) is 11.6. The molecule has 0 atom stereocenters. The number of halogens is 2. The van der Waals surface area contributed by atoms with Crippen molar-refractivity contribution < 1.29 is 17.6 Å². The van der Waals surface area contributed by atoms with E-state index in [0.717, 1.165) is 10.0 Å². The van der Waals surface area contributed by atoms with Gasteiger partial charge in [0.15, 0.2) is 0 Å². The number of nitrogens with zero attached hydrogens (tertiary/aromatic N) is 1. The molecule has 1 heterocycles. The van der Waals surface area contributed by atoms with Crippen molar-refractivity contribution in [3.8, 4) is 0 Å². The van der Waals surface area contributed by atoms with Crippen LogP contribution in [-0.4, -0.2) is 18.8 Å². The maximum atomic E-state index is 14.6. The van der Waals surface area contributed by atoms with Gasteiger partial charge < -0.3 is 4.57 Å². The molecule has 8 heteroatoms. The molecule has 28 heavy (non-hydrogen) atoms. The number of benzene rings is 2. The number of hydrogen-bond acceptors (Lipinski definition) is 3. The van der Waals surface area contributed by atoms with E-state index in [4.69, 9.17) is 5.14 Å². The molecule has 0 aliphatic rings. The highest BCUT2D eigenvalue weighted by atomic mass is 79.9. The molecule has 0 aliphatic heterocycles. The maximum Gasteiger partial charge on any atom is 0.238 e. The van der Waals surface area contributed by atoms with E-state index in [1.165, 1.54) is 22.8 Å². The first-order valence-corrected chi connectivity index (χ1v) is 10.7. The van der Waals surface area contributed by atoms with Crippen molar-refractivity contribution in [3.05, 3.63) is 86.9 Å². The van der Waals surface area contributed by atoms with Gasteiger partial charge in [0.05, 0.1) is 16.3 Å². The van der Waals surface area contributed by atoms with Crippen molar-refractivity contribution in [2.75, 3.05) is 0 Å². The second-order valence-electron chi connectivity index (χ2n) is 6.54. The molecular weight excluding hydrogens is 447 g/mol. The molecule has 2 aromatic carbocycles. The fourth-order valence-electron chi connectivity index (χ4n) is 3.04. The van der Waals surface area contributed by atoms with Gasteiger partial charge in [-0.3, -0.25) is 4.79 Å². The van der Waals surface area contributed by atoms with Gasteiger partial charge in [-0.1, -0.05) is 28.1 Å². The Labute approximate surface area is 171 Å². The van der Waals surface area contributed by atoms with Crippen molar-refractivity contribution in [3.63, 3.8) is 0 Å². The highest BCUT2D eigenvalue weighted by Gasteiger charge is 2.21. The van der Waals surface area contributed by atoms with Gasteiger partial charge in [-0.25, -0.2) is 17.9 Å². The van der Waals surface area contributed by atoms with Crippen LogP contribution in [0.3, 0.4) is 0 Å². The first-order valence-electron chi connectivity index (χ1n) is 8.34. The van der Waals surface area contributed by atoms with Crippen molar-refractivity contribution in [1.29, 1.82) is 0 Å². The van der Waals surface area contributed by atoms with Crippen molar-refractivity contribution in [2.24, 2.45) is 12.2 Å². The van der Waals surface area contributed by atoms with Gasteiger partial charge in [-0.15, -0.1) is 0 Å². The Morgan fingerprint density at radius 3 is 2.36 bits per heavy atom. The molecule has 5 nitrogen and oxygen atoms in total. The maximum absolute atomic E-state index is 14.6. The summed E-state index contributed by atoms with van der Waals surface area (Å²) in [6.07, 6.45) is 0.208. The van der Waals surface area contributed by atoms with Crippen LogP contribution in [0.5, 0.6) is 0 Å². The van der Waals surface area contributed by atoms with Gasteiger partial charge >= 0.3 is 0 Å². The number of aromatic nitrogens is 1. The fraction of sp³-hybridized carbons (Fsp3) is 0.150. The number of carbonyl (C=O) groups excluding carboxylic acids is 1. The Morgan fingerprint density at radius 2 is 1.79 bits per heavy atom. The third-order valence-electron chi connectivity index (χ3n) is 4.59. The molecule has 0 bridgehead atoms. The number of carbonyl (C=O) groups is 1. The second-order valence-corrected chi connectivity index (χ2v) is 9.01. The minimum absolute atomic E-state index is 0.00909. The second kappa shape index (κ2) is 7.62. The highest BCUT2D eigenvalue weighted by molar-refractivity contribution is 9.10. The molecule has 0 saturated carbocycles. The molecule has 1 aromatic heterocycles. The predicted molar refractivity (Wildman–Crippen MR) is 108 cm³/mol. The Kier molecular flexibility index (Phi) is 5.56. The van der Waals surface area contributed by atoms with Gasteiger partial charge in [0.2, 0.25) is 15.8 Å². The Morgan fingerprint density at radius 1 is 1.14 bits per heavy atom. The lowest BCUT2D eigenvalue weighted by Crippen LogP contribution is -2.12. The van der Waals surface area contributed by atoms with E-state index in [-0.39, 0.29) is 22.8 Å². The molecule has 0 radical (unpaired) electrons. The van der Waals surface area contributed by atoms with Gasteiger partial charge in [-0.05, 0) is 48.4 Å². The highest BCUT2D eigenvalue weighted by Crippen LogP contribution is 2.23. The summed E-state index contributed by atoms with van der Waals surface area (Å²) in [5.41, 5.74) is 2.58. The van der Waals surface area contributed by atoms with Crippen LogP contribution < -0.4 is 5.14 Å². The fourth-order valence-corrected chi connectivity index (χ4v) is 4.03. The van der Waals surface area contributed by atoms with E-state index in [1.807, 2.05) is 13.0 Å². The molecule has 0 spiro atoms. The van der Waals surface area contributed by atoms with Gasteiger partial charge in [0.1, 0.15) is 5.82 Å². The number of aryl methyl sites for hydroxylation is 1. The summed E-state index contributed by atoms with van der Waals surface area (Å²) in [4.78, 5) is 12.9. The minimum atomic E-state index is -3.78. The number of primary sulfonamides is 1. The van der Waals surface area contributed by atoms with Crippen LogP contribution in [0.2, 0.25) is 0 Å². The van der Waals surface area contributed by atoms with Gasteiger partial charge in [0, 0.05) is 29.6 Å². The molecular formula is C20H18BrFN2O3S. The molecule has 0 saturated heterocycles. The molecule has 0 unspecified atom stereocenters. The number of sulfonamides is 1. The summed E-state index contributed by atoms with van der Waals surface area (Å²) in [7, 11) is -2.14. The average molecular weight is 465 g/mol. The van der Waals surface area contributed by atoms with E-state index in [1.54, 1.807) is 31.3 Å². The largest absolute Gasteiger partial charge is 0.342 e. The van der Waals surface area contributed by atoms with Crippen LogP contribution in [-0.2, 0) is 23.5 Å². The average Bonchev–Trinajstić information content (AvgIpc) is 2.89. The molecule has 3 rings (SSSR count). The summed E-state index contributed by atoms with van der Waals surface area (Å²) < 4.78 is 39.7. The van der Waals surface area contributed by atoms with E-state index in [2.05, 4.69) is 15.9 Å². The standard InChI is InChI=1S/C20H18BrFN2O3S/c1-12-9-14(21)5-8-16(12)20(25)19-11-17(22)18(24(19)2)10-13-3-6-15(7-4-13)28(23,26)27/h3-9,11H,10H2,1-2H3,(H2,23,26,27). The number of rotatable bonds is 5. The van der Waals surface area contributed by atoms with Crippen LogP contribution in [0.25, 0.3) is 0 Å². The summed E-state index contributed by atoms with van der Waals surface area (Å²) in [5.74, 6) is -0.752. The predicted octanol–water partition coefficient (Wildman–Crippen LogP) is 3.70. The first kappa shape index (κ1) is 20.4. The smallest absolute Gasteiger partial charge is 0.238 e. The quantitative estimate of drug-likeness (QED) is 0.584. The first-order chi connectivity index (χ1) is 13.1. The third-order valence-corrected chi connectivity index (χ3v) is 6.02. The number of nitrogens with two attached hydrogens (primary N) is 1. The van der Waals surface area contributed by atoms with Crippen LogP contribution in [0.4, 0.5) is 4.39 Å². The van der Waals surface area contributed by atoms with Gasteiger partial charge in [0.25, 0.3) is 0 Å². The van der Waals surface area contributed by atoms with E-state index >= 15 is 0 Å². The zero-order valence-corrected chi connectivity index (χ0v) is 17.6. The number of ketones is 1. The molecule has 2 N–H and O–H groups in total. The summed E-state index contributed by atoms with van der Waals surface area (Å²) in [5, 5.41) is 5.09. The zero-order valence-electron chi connectivity index (χ0n) is 15.2. The summed E-state index contributed by atoms with van der Waals surface area (Å²) in [6.45, 7) is 1.82. The molecule has 146 valence electrons. The van der Waals surface area contributed by atoms with Crippen molar-refractivity contribution >= 4 is 31.7 Å². The molecule has 0 fully saturated rings. The van der Waals surface area contributed by atoms with E-state index in [0.29, 0.717) is 16.8 Å². The summed E-state index contributed by atoms with van der Waals surface area (Å²) >= 11 is 3.36. The molecule has 3 aromatic rings. The minimum Gasteiger partial charge on any atom is -0.342 e. The Bertz CT molecular complexity index is 1170. The van der Waals surface area contributed by atoms with Gasteiger partial charge in [-0.2, -0.15) is 0 Å². The van der Waals surface area contributed by atoms with E-state index in [9.17, 15) is 17.6 Å². The topological polar surface area (TPSA) is 82.2 Å². The van der Waals surface area contributed by atoms with Crippen LogP contribution in [0.15, 0.2) is 57.9 Å². The summed E-state index contributed by atoms with van der Waals surface area (Å²) in [6, 6.07) is 12.5. The molecule has 0 amide bonds. The monoisotopic (exact) mass is 464 g/mol.